The van der Waals surface area contributed by atoms with Gasteiger partial charge >= 0.3 is 11.9 Å². The zero-order chi connectivity index (χ0) is 21.1. The van der Waals surface area contributed by atoms with Crippen molar-refractivity contribution in [2.75, 3.05) is 19.5 Å². The highest BCUT2D eigenvalue weighted by atomic mass is 35.5. The summed E-state index contributed by atoms with van der Waals surface area (Å²) in [4.78, 5) is 36.8. The van der Waals surface area contributed by atoms with E-state index in [1.165, 1.54) is 18.9 Å². The first-order chi connectivity index (χ1) is 14.0. The van der Waals surface area contributed by atoms with Crippen molar-refractivity contribution in [2.45, 2.75) is 23.8 Å². The van der Waals surface area contributed by atoms with E-state index in [4.69, 9.17) is 21.1 Å². The number of carbonyl (C=O) groups is 3. The SMILES string of the molecule is COC(=O)C(Cc1ccccc1)NC(=O)COC(=O)CCSc1ccc(Cl)cc1. The molecule has 154 valence electrons. The Morgan fingerprint density at radius 3 is 2.41 bits per heavy atom. The second-order valence-electron chi connectivity index (χ2n) is 6.05. The number of methoxy groups -OCH3 is 1. The summed E-state index contributed by atoms with van der Waals surface area (Å²) in [6.07, 6.45) is 0.440. The first-order valence-electron chi connectivity index (χ1n) is 8.93. The Morgan fingerprint density at radius 1 is 1.07 bits per heavy atom. The van der Waals surface area contributed by atoms with Gasteiger partial charge in [0, 0.05) is 22.1 Å². The van der Waals surface area contributed by atoms with Gasteiger partial charge in [-0.1, -0.05) is 41.9 Å². The fourth-order valence-electron chi connectivity index (χ4n) is 2.42. The number of benzene rings is 2. The number of nitrogens with one attached hydrogen (secondary N) is 1. The molecule has 0 bridgehead atoms. The molecule has 0 aliphatic heterocycles. The number of rotatable bonds is 10. The summed E-state index contributed by atoms with van der Waals surface area (Å²) in [6, 6.07) is 15.7. The first-order valence-corrected chi connectivity index (χ1v) is 10.3. The molecule has 0 fully saturated rings. The highest BCUT2D eigenvalue weighted by Crippen LogP contribution is 2.21. The summed E-state index contributed by atoms with van der Waals surface area (Å²) >= 11 is 7.32. The Bertz CT molecular complexity index is 814. The molecule has 2 rings (SSSR count). The van der Waals surface area contributed by atoms with Crippen molar-refractivity contribution in [1.82, 2.24) is 5.32 Å². The van der Waals surface area contributed by atoms with Gasteiger partial charge in [-0.3, -0.25) is 9.59 Å². The van der Waals surface area contributed by atoms with E-state index in [0.717, 1.165) is 10.5 Å². The van der Waals surface area contributed by atoms with E-state index in [9.17, 15) is 14.4 Å². The average molecular weight is 436 g/mol. The van der Waals surface area contributed by atoms with Gasteiger partial charge in [0.2, 0.25) is 0 Å². The Balaban J connectivity index is 1.73. The van der Waals surface area contributed by atoms with Crippen LogP contribution in [0, 0.1) is 0 Å². The molecule has 0 radical (unpaired) electrons. The van der Waals surface area contributed by atoms with Crippen molar-refractivity contribution in [3.8, 4) is 0 Å². The maximum Gasteiger partial charge on any atom is 0.328 e. The van der Waals surface area contributed by atoms with E-state index in [1.807, 2.05) is 42.5 Å². The predicted molar refractivity (Wildman–Crippen MR) is 112 cm³/mol. The van der Waals surface area contributed by atoms with Crippen LogP contribution < -0.4 is 5.32 Å². The standard InChI is InChI=1S/C21H22ClNO5S/c1-27-21(26)18(13-15-5-3-2-4-6-15)23-19(24)14-28-20(25)11-12-29-17-9-7-16(22)8-10-17/h2-10,18H,11-14H2,1H3,(H,23,24). The van der Waals surface area contributed by atoms with Gasteiger partial charge in [-0.15, -0.1) is 11.8 Å². The van der Waals surface area contributed by atoms with Crippen LogP contribution in [0.1, 0.15) is 12.0 Å². The predicted octanol–water partition coefficient (Wildman–Crippen LogP) is 3.27. The third kappa shape index (κ3) is 8.58. The summed E-state index contributed by atoms with van der Waals surface area (Å²) in [6.45, 7) is -0.452. The van der Waals surface area contributed by atoms with Gasteiger partial charge in [-0.2, -0.15) is 0 Å². The number of carbonyl (C=O) groups excluding carboxylic acids is 3. The fraction of sp³-hybridized carbons (Fsp3) is 0.286. The second kappa shape index (κ2) is 12.1. The van der Waals surface area contributed by atoms with Crippen LogP contribution in [-0.4, -0.2) is 43.4 Å². The van der Waals surface area contributed by atoms with Crippen LogP contribution in [0.5, 0.6) is 0 Å². The lowest BCUT2D eigenvalue weighted by molar-refractivity contribution is -0.150. The third-order valence-electron chi connectivity index (χ3n) is 3.86. The molecule has 0 aromatic heterocycles. The molecule has 29 heavy (non-hydrogen) atoms. The number of amides is 1. The fourth-order valence-corrected chi connectivity index (χ4v) is 3.38. The Morgan fingerprint density at radius 2 is 1.76 bits per heavy atom. The number of thioether (sulfide) groups is 1. The van der Waals surface area contributed by atoms with Gasteiger partial charge in [-0.25, -0.2) is 4.79 Å². The molecule has 1 atom stereocenters. The zero-order valence-corrected chi connectivity index (χ0v) is 17.5. The molecule has 0 aliphatic carbocycles. The van der Waals surface area contributed by atoms with Crippen molar-refractivity contribution in [3.05, 3.63) is 65.2 Å². The van der Waals surface area contributed by atoms with E-state index < -0.39 is 30.5 Å². The molecule has 2 aromatic carbocycles. The van der Waals surface area contributed by atoms with Crippen LogP contribution in [0.2, 0.25) is 5.02 Å². The molecule has 0 heterocycles. The van der Waals surface area contributed by atoms with Crippen molar-refractivity contribution in [1.29, 1.82) is 0 Å². The molecule has 1 amide bonds. The normalized spacial score (nSPS) is 11.4. The van der Waals surface area contributed by atoms with E-state index in [0.29, 0.717) is 10.8 Å². The van der Waals surface area contributed by atoms with Gasteiger partial charge < -0.3 is 14.8 Å². The van der Waals surface area contributed by atoms with Crippen molar-refractivity contribution in [3.63, 3.8) is 0 Å². The minimum Gasteiger partial charge on any atom is -0.467 e. The van der Waals surface area contributed by atoms with Crippen LogP contribution in [0.15, 0.2) is 59.5 Å². The van der Waals surface area contributed by atoms with Gasteiger partial charge in [0.1, 0.15) is 6.04 Å². The van der Waals surface area contributed by atoms with Crippen LogP contribution in [-0.2, 0) is 30.3 Å². The number of hydrogen-bond donors (Lipinski definition) is 1. The monoisotopic (exact) mass is 435 g/mol. The quantitative estimate of drug-likeness (QED) is 0.455. The molecule has 0 saturated heterocycles. The maximum atomic E-state index is 12.1. The number of halogens is 1. The van der Waals surface area contributed by atoms with Gasteiger partial charge in [0.25, 0.3) is 5.91 Å². The van der Waals surface area contributed by atoms with Crippen molar-refractivity contribution >= 4 is 41.2 Å². The third-order valence-corrected chi connectivity index (χ3v) is 5.12. The van der Waals surface area contributed by atoms with Crippen LogP contribution in [0.4, 0.5) is 0 Å². The van der Waals surface area contributed by atoms with E-state index in [-0.39, 0.29) is 12.8 Å². The topological polar surface area (TPSA) is 81.7 Å². The van der Waals surface area contributed by atoms with E-state index >= 15 is 0 Å². The van der Waals surface area contributed by atoms with Crippen molar-refractivity contribution in [2.24, 2.45) is 0 Å². The lowest BCUT2D eigenvalue weighted by Crippen LogP contribution is -2.44. The molecule has 1 unspecified atom stereocenters. The lowest BCUT2D eigenvalue weighted by atomic mass is 10.1. The summed E-state index contributed by atoms with van der Waals surface area (Å²) in [5, 5.41) is 3.20. The average Bonchev–Trinajstić information content (AvgIpc) is 2.73. The van der Waals surface area contributed by atoms with Gasteiger partial charge in [0.05, 0.1) is 13.5 Å². The molecule has 2 aromatic rings. The summed E-state index contributed by atoms with van der Waals surface area (Å²) in [5.74, 6) is -1.09. The summed E-state index contributed by atoms with van der Waals surface area (Å²) in [5.41, 5.74) is 0.874. The molecule has 8 heteroatoms. The smallest absolute Gasteiger partial charge is 0.328 e. The molecule has 0 aliphatic rings. The first kappa shape index (κ1) is 22.8. The van der Waals surface area contributed by atoms with Gasteiger partial charge in [0.15, 0.2) is 6.61 Å². The van der Waals surface area contributed by atoms with E-state index in [2.05, 4.69) is 5.32 Å². The lowest BCUT2D eigenvalue weighted by Gasteiger charge is -2.16. The molecular weight excluding hydrogens is 414 g/mol. The minimum absolute atomic E-state index is 0.158. The number of hydrogen-bond acceptors (Lipinski definition) is 6. The van der Waals surface area contributed by atoms with Crippen LogP contribution >= 0.6 is 23.4 Å². The minimum atomic E-state index is -0.853. The Kier molecular flexibility index (Phi) is 9.53. The molecule has 1 N–H and O–H groups in total. The van der Waals surface area contributed by atoms with Crippen molar-refractivity contribution < 1.29 is 23.9 Å². The zero-order valence-electron chi connectivity index (χ0n) is 15.9. The highest BCUT2D eigenvalue weighted by Gasteiger charge is 2.22. The highest BCUT2D eigenvalue weighted by molar-refractivity contribution is 7.99. The maximum absolute atomic E-state index is 12.1. The Hall–Kier alpha value is -2.51. The number of ether oxygens (including phenoxy) is 2. The van der Waals surface area contributed by atoms with Crippen LogP contribution in [0.3, 0.4) is 0 Å². The van der Waals surface area contributed by atoms with Gasteiger partial charge in [-0.05, 0) is 29.8 Å². The van der Waals surface area contributed by atoms with Crippen LogP contribution in [0.25, 0.3) is 0 Å². The summed E-state index contributed by atoms with van der Waals surface area (Å²) < 4.78 is 9.73. The molecule has 0 saturated carbocycles. The molecular formula is C21H22ClNO5S. The molecule has 6 nitrogen and oxygen atoms in total. The second-order valence-corrected chi connectivity index (χ2v) is 7.65. The number of esters is 2. The Labute approximate surface area is 178 Å². The summed E-state index contributed by atoms with van der Waals surface area (Å²) in [7, 11) is 1.25. The van der Waals surface area contributed by atoms with E-state index in [1.54, 1.807) is 12.1 Å². The molecule has 0 spiro atoms. The largest absolute Gasteiger partial charge is 0.467 e.